The second-order valence-corrected chi connectivity index (χ2v) is 23.6. The number of carbonyl (C=O) groups is 5. The van der Waals surface area contributed by atoms with Gasteiger partial charge in [-0.25, -0.2) is 4.79 Å². The predicted molar refractivity (Wildman–Crippen MR) is 313 cm³/mol. The number of cyclic esters (lactones) is 1. The van der Waals surface area contributed by atoms with Gasteiger partial charge in [-0.05, 0) is 113 Å². The Morgan fingerprint density at radius 3 is 2.04 bits per heavy atom. The highest BCUT2D eigenvalue weighted by Gasteiger charge is 2.53. The van der Waals surface area contributed by atoms with Gasteiger partial charge in [-0.3, -0.25) is 19.2 Å². The van der Waals surface area contributed by atoms with E-state index in [0.29, 0.717) is 110 Å². The molecule has 2 bridgehead atoms. The van der Waals surface area contributed by atoms with Crippen molar-refractivity contribution in [2.45, 2.75) is 199 Å². The van der Waals surface area contributed by atoms with E-state index < -0.39 is 78.1 Å². The van der Waals surface area contributed by atoms with Crippen molar-refractivity contribution in [2.24, 2.45) is 35.5 Å². The van der Waals surface area contributed by atoms with E-state index in [1.54, 1.807) is 42.5 Å². The lowest BCUT2D eigenvalue weighted by molar-refractivity contribution is -0.265. The van der Waals surface area contributed by atoms with Crippen LogP contribution in [0.5, 0.6) is 0 Å². The Morgan fingerprint density at radius 1 is 0.711 bits per heavy atom. The van der Waals surface area contributed by atoms with Gasteiger partial charge in [0.05, 0.1) is 64.1 Å². The van der Waals surface area contributed by atoms with Crippen molar-refractivity contribution in [1.29, 1.82) is 0 Å². The van der Waals surface area contributed by atoms with E-state index in [2.05, 4.69) is 13.0 Å². The summed E-state index contributed by atoms with van der Waals surface area (Å²) in [5.41, 5.74) is 1.67. The van der Waals surface area contributed by atoms with Gasteiger partial charge in [0.15, 0.2) is 5.78 Å². The van der Waals surface area contributed by atoms with Crippen LogP contribution in [0.4, 0.5) is 0 Å². The Balaban J connectivity index is 1.59. The molecule has 83 heavy (non-hydrogen) atoms. The molecule has 2 saturated heterocycles. The zero-order chi connectivity index (χ0) is 61.1. The van der Waals surface area contributed by atoms with Gasteiger partial charge in [-0.1, -0.05) is 71.1 Å². The van der Waals surface area contributed by atoms with Gasteiger partial charge in [-0.15, -0.1) is 0 Å². The highest BCUT2D eigenvalue weighted by molar-refractivity contribution is 6.39. The molecule has 19 heteroatoms. The van der Waals surface area contributed by atoms with Gasteiger partial charge in [0.25, 0.3) is 11.7 Å². The van der Waals surface area contributed by atoms with Crippen LogP contribution in [0.1, 0.15) is 138 Å². The highest BCUT2D eigenvalue weighted by atomic mass is 16.6. The second kappa shape index (κ2) is 37.7. The number of allylic oxidation sites excluding steroid dienone is 5. The molecule has 1 N–H and O–H groups in total. The average Bonchev–Trinajstić information content (AvgIpc) is 3.57. The van der Waals surface area contributed by atoms with Crippen molar-refractivity contribution in [3.05, 3.63) is 47.6 Å². The minimum Gasteiger partial charge on any atom is -0.460 e. The zero-order valence-electron chi connectivity index (χ0n) is 52.5. The number of ketones is 2. The monoisotopic (exact) mass is 1180 g/mol. The first kappa shape index (κ1) is 71.7. The second-order valence-electron chi connectivity index (χ2n) is 23.6. The van der Waals surface area contributed by atoms with Crippen LogP contribution in [0.25, 0.3) is 0 Å². The lowest BCUT2D eigenvalue weighted by Crippen LogP contribution is -2.61. The Labute approximate surface area is 496 Å². The van der Waals surface area contributed by atoms with Crippen LogP contribution in [-0.2, 0) is 80.8 Å². The summed E-state index contributed by atoms with van der Waals surface area (Å²) in [5.74, 6) is -6.94. The molecule has 0 aromatic carbocycles. The van der Waals surface area contributed by atoms with E-state index in [1.165, 1.54) is 12.0 Å². The topological polar surface area (TPSA) is 220 Å². The third-order valence-electron chi connectivity index (χ3n) is 17.3. The van der Waals surface area contributed by atoms with E-state index in [1.807, 2.05) is 65.0 Å². The van der Waals surface area contributed by atoms with Crippen molar-refractivity contribution < 1.29 is 85.9 Å². The maximum Gasteiger partial charge on any atom is 0.329 e. The van der Waals surface area contributed by atoms with E-state index in [0.717, 1.165) is 17.6 Å². The summed E-state index contributed by atoms with van der Waals surface area (Å²) in [5, 5.41) is 12.1. The summed E-state index contributed by atoms with van der Waals surface area (Å²) in [7, 11) is 9.54. The molecule has 1 saturated carbocycles. The summed E-state index contributed by atoms with van der Waals surface area (Å²) < 4.78 is 70.4. The number of aliphatic hydroxyl groups is 1. The summed E-state index contributed by atoms with van der Waals surface area (Å²) in [4.78, 5) is 72.3. The quantitative estimate of drug-likeness (QED) is 0.0466. The Bertz CT molecular complexity index is 2100. The van der Waals surface area contributed by atoms with Gasteiger partial charge in [0, 0.05) is 92.8 Å². The van der Waals surface area contributed by atoms with Crippen LogP contribution in [0.3, 0.4) is 0 Å². The lowest BCUT2D eigenvalue weighted by Gasteiger charge is -2.43. The lowest BCUT2D eigenvalue weighted by atomic mass is 9.78. The molecule has 19 nitrogen and oxygen atoms in total. The Kier molecular flexibility index (Phi) is 32.6. The fourth-order valence-electron chi connectivity index (χ4n) is 12.2. The standard InChI is InChI=1S/C64H105NO18/c1-42-20-15-14-16-21-43(2)53(73-9)40-50-26-24-48(7)64(71,83-50)61(68)62(69)65-28-18-17-22-51(65)63(70)82-55(41-54(74-10)44(3)37-47(6)59(76-12)60(77-13)58(67)46(5)36-42)45(4)38-49-25-27-52(56(39-49)75-11)81-57(66)23-19-29-78-32-33-80-35-34-79-31-30-72-8/h14-16,20-21,37,42,44-46,48-56,59-60,71H,17-19,22-36,38-41H2,1-13H3/b16-14+,20-15+,43-21+,47-37+/t42-,44-,45-,46-,48-,49+,50+,51+,52-,53+,54-,55+,56-,59?,60+,64-/m1/s1. The first-order chi connectivity index (χ1) is 39.8. The first-order valence-electron chi connectivity index (χ1n) is 30.5. The molecule has 0 aromatic rings. The fourth-order valence-corrected chi connectivity index (χ4v) is 12.2. The van der Waals surface area contributed by atoms with Gasteiger partial charge in [-0.2, -0.15) is 0 Å². The van der Waals surface area contributed by atoms with E-state index in [9.17, 15) is 29.1 Å². The van der Waals surface area contributed by atoms with Crippen molar-refractivity contribution >= 4 is 29.4 Å². The maximum absolute atomic E-state index is 14.8. The van der Waals surface area contributed by atoms with Crippen LogP contribution in [0.15, 0.2) is 47.6 Å². The van der Waals surface area contributed by atoms with E-state index in [4.69, 9.17) is 56.8 Å². The molecule has 16 atom stereocenters. The average molecular weight is 1180 g/mol. The van der Waals surface area contributed by atoms with Crippen LogP contribution in [0.2, 0.25) is 0 Å². The zero-order valence-corrected chi connectivity index (χ0v) is 52.5. The number of amides is 1. The van der Waals surface area contributed by atoms with Crippen LogP contribution < -0.4 is 0 Å². The number of methoxy groups -OCH3 is 6. The minimum absolute atomic E-state index is 0.0668. The summed E-state index contributed by atoms with van der Waals surface area (Å²) in [6.45, 7) is 16.9. The summed E-state index contributed by atoms with van der Waals surface area (Å²) in [6.07, 6.45) is 14.0. The van der Waals surface area contributed by atoms with Crippen molar-refractivity contribution in [3.8, 4) is 0 Å². The van der Waals surface area contributed by atoms with Gasteiger partial charge in [0.2, 0.25) is 5.79 Å². The number of hydrogen-bond donors (Lipinski definition) is 1. The normalized spacial score (nSPS) is 35.0. The Morgan fingerprint density at radius 2 is 1.39 bits per heavy atom. The maximum atomic E-state index is 14.8. The van der Waals surface area contributed by atoms with Gasteiger partial charge >= 0.3 is 11.9 Å². The molecule has 1 amide bonds. The third-order valence-corrected chi connectivity index (χ3v) is 17.3. The molecular weight excluding hydrogens is 1070 g/mol. The number of Topliss-reactive ketones (excluding diaryl/α,β-unsaturated/α-hetero) is 2. The number of rotatable bonds is 22. The molecule has 4 rings (SSSR count). The number of piperidine rings is 1. The molecular formula is C64H105NO18. The van der Waals surface area contributed by atoms with Crippen LogP contribution in [0, 0.1) is 35.5 Å². The number of hydrogen-bond acceptors (Lipinski definition) is 18. The Hall–Kier alpha value is -3.73. The summed E-state index contributed by atoms with van der Waals surface area (Å²) >= 11 is 0. The molecule has 3 heterocycles. The molecule has 1 aliphatic carbocycles. The minimum atomic E-state index is -2.42. The highest BCUT2D eigenvalue weighted by Crippen LogP contribution is 2.39. The molecule has 3 aliphatic heterocycles. The third kappa shape index (κ3) is 22.5. The van der Waals surface area contributed by atoms with Gasteiger partial charge < -0.3 is 66.8 Å². The first-order valence-corrected chi connectivity index (χ1v) is 30.5. The molecule has 0 radical (unpaired) electrons. The van der Waals surface area contributed by atoms with Gasteiger partial charge in [0.1, 0.15) is 30.5 Å². The smallest absolute Gasteiger partial charge is 0.329 e. The largest absolute Gasteiger partial charge is 0.460 e. The summed E-state index contributed by atoms with van der Waals surface area (Å²) in [6, 6.07) is -1.10. The number of carbonyl (C=O) groups excluding carboxylic acids is 5. The van der Waals surface area contributed by atoms with E-state index in [-0.39, 0.29) is 73.3 Å². The predicted octanol–water partition coefficient (Wildman–Crippen LogP) is 8.31. The van der Waals surface area contributed by atoms with Crippen LogP contribution in [-0.4, -0.2) is 196 Å². The molecule has 0 aromatic heterocycles. The van der Waals surface area contributed by atoms with Crippen LogP contribution >= 0.6 is 0 Å². The van der Waals surface area contributed by atoms with Crippen molar-refractivity contribution in [2.75, 3.05) is 95.5 Å². The molecule has 4 aliphatic rings. The number of ether oxygens (including phenoxy) is 12. The van der Waals surface area contributed by atoms with Crippen molar-refractivity contribution in [1.82, 2.24) is 4.90 Å². The number of esters is 2. The fraction of sp³-hybridized carbons (Fsp3) is 0.797. The molecule has 474 valence electrons. The number of fused-ring (bicyclic) bond motifs is 3. The SMILES string of the molecule is COCCOCCOCCOCCCC(=O)O[C@@H]1CC[C@@H](C[C@@H](C)[C@@H]2C[C@@H](OC)[C@H](C)/C=C(\C)C(OC)[C@@H](OC)C(=O)[C@H](C)C[C@H](C)/C=C/C=C/C=C(\C)[C@@H](OC)C[C@@H]3CC[C@@H](C)[C@@](O)(O3)C(=O)C(=O)N3CCCC[C@H]3C(=O)O2)C[C@H]1OC. The molecule has 1 unspecified atom stereocenters. The van der Waals surface area contributed by atoms with E-state index >= 15 is 0 Å². The molecule has 3 fully saturated rings. The molecule has 0 spiro atoms. The number of nitrogens with zero attached hydrogens (tertiary/aromatic N) is 1. The van der Waals surface area contributed by atoms with Crippen molar-refractivity contribution in [3.63, 3.8) is 0 Å².